The van der Waals surface area contributed by atoms with Crippen LogP contribution >= 0.6 is 11.8 Å². The molecule has 1 aliphatic carbocycles. The van der Waals surface area contributed by atoms with E-state index in [9.17, 15) is 14.4 Å². The van der Waals surface area contributed by atoms with E-state index in [0.717, 1.165) is 32.1 Å². The second kappa shape index (κ2) is 6.34. The van der Waals surface area contributed by atoms with Crippen molar-refractivity contribution in [2.45, 2.75) is 75.4 Å². The first-order valence-electron chi connectivity index (χ1n) is 8.47. The summed E-state index contributed by atoms with van der Waals surface area (Å²) in [5.41, 5.74) is 0. The Morgan fingerprint density at radius 2 is 2.04 bits per heavy atom. The summed E-state index contributed by atoms with van der Waals surface area (Å²) in [7, 11) is 0. The number of hydrogen-bond acceptors (Lipinski definition) is 4. The highest BCUT2D eigenvalue weighted by molar-refractivity contribution is 8.01. The molecule has 2 heterocycles. The lowest BCUT2D eigenvalue weighted by atomic mass is 10.2. The summed E-state index contributed by atoms with van der Waals surface area (Å²) in [4.78, 5) is 38.3. The lowest BCUT2D eigenvalue weighted by Crippen LogP contribution is -2.55. The van der Waals surface area contributed by atoms with Gasteiger partial charge in [0.05, 0.1) is 4.87 Å². The monoisotopic (exact) mass is 339 g/mol. The molecule has 3 aliphatic rings. The van der Waals surface area contributed by atoms with Gasteiger partial charge in [0, 0.05) is 18.2 Å². The van der Waals surface area contributed by atoms with Gasteiger partial charge in [0.1, 0.15) is 12.1 Å². The number of nitrogens with zero attached hydrogens (tertiary/aromatic N) is 1. The normalized spacial score (nSPS) is 32.0. The van der Waals surface area contributed by atoms with Gasteiger partial charge in [0.25, 0.3) is 0 Å². The quantitative estimate of drug-likeness (QED) is 0.801. The molecule has 3 atom stereocenters. The van der Waals surface area contributed by atoms with Crippen LogP contribution < -0.4 is 10.6 Å². The van der Waals surface area contributed by atoms with Crippen LogP contribution in [0.15, 0.2) is 0 Å². The standard InChI is InChI=1S/C16H25N3O3S/c1-10(14(21)18-11-5-3-4-6-11)17-15(22)12-9-23-16(2)8-7-13(20)19(12)16/h10-12H,3-9H2,1-2H3,(H,17,22)(H,18,21)/t10-,12+,16-/m0/s1. The number of carbonyl (C=O) groups is 3. The van der Waals surface area contributed by atoms with Crippen LogP contribution in [0.2, 0.25) is 0 Å². The smallest absolute Gasteiger partial charge is 0.244 e. The Morgan fingerprint density at radius 1 is 1.35 bits per heavy atom. The van der Waals surface area contributed by atoms with Crippen molar-refractivity contribution < 1.29 is 14.4 Å². The summed E-state index contributed by atoms with van der Waals surface area (Å²) in [6.07, 6.45) is 5.64. The maximum Gasteiger partial charge on any atom is 0.244 e. The molecule has 0 unspecified atom stereocenters. The highest BCUT2D eigenvalue weighted by atomic mass is 32.2. The van der Waals surface area contributed by atoms with Crippen molar-refractivity contribution in [2.24, 2.45) is 0 Å². The topological polar surface area (TPSA) is 78.5 Å². The average Bonchev–Trinajstić information content (AvgIpc) is 3.18. The van der Waals surface area contributed by atoms with Gasteiger partial charge in [-0.25, -0.2) is 0 Å². The molecular weight excluding hydrogens is 314 g/mol. The van der Waals surface area contributed by atoms with E-state index in [0.29, 0.717) is 12.2 Å². The van der Waals surface area contributed by atoms with Crippen molar-refractivity contribution >= 4 is 29.5 Å². The van der Waals surface area contributed by atoms with Crippen LogP contribution in [0.5, 0.6) is 0 Å². The summed E-state index contributed by atoms with van der Waals surface area (Å²) in [6.45, 7) is 3.72. The van der Waals surface area contributed by atoms with Crippen molar-refractivity contribution in [3.8, 4) is 0 Å². The maximum atomic E-state index is 12.5. The zero-order chi connectivity index (χ0) is 16.6. The second-order valence-corrected chi connectivity index (χ2v) is 8.49. The first-order chi connectivity index (χ1) is 10.9. The third-order valence-corrected chi connectivity index (χ3v) is 6.71. The molecule has 23 heavy (non-hydrogen) atoms. The van der Waals surface area contributed by atoms with Gasteiger partial charge >= 0.3 is 0 Å². The molecule has 0 spiro atoms. The van der Waals surface area contributed by atoms with Crippen LogP contribution in [0.3, 0.4) is 0 Å². The van der Waals surface area contributed by atoms with E-state index in [4.69, 9.17) is 0 Å². The van der Waals surface area contributed by atoms with E-state index in [1.54, 1.807) is 23.6 Å². The molecule has 6 nitrogen and oxygen atoms in total. The van der Waals surface area contributed by atoms with E-state index in [1.165, 1.54) is 0 Å². The minimum absolute atomic E-state index is 0.0423. The Bertz CT molecular complexity index is 521. The average molecular weight is 339 g/mol. The molecule has 2 N–H and O–H groups in total. The molecule has 3 rings (SSSR count). The SMILES string of the molecule is C[C@H](NC(=O)[C@H]1CS[C@@]2(C)CCC(=O)N12)C(=O)NC1CCCC1. The van der Waals surface area contributed by atoms with E-state index in [-0.39, 0.29) is 28.6 Å². The minimum Gasteiger partial charge on any atom is -0.352 e. The van der Waals surface area contributed by atoms with Gasteiger partial charge in [-0.15, -0.1) is 11.8 Å². The maximum absolute atomic E-state index is 12.5. The zero-order valence-corrected chi connectivity index (χ0v) is 14.6. The molecule has 1 saturated carbocycles. The lowest BCUT2D eigenvalue weighted by Gasteiger charge is -2.30. The predicted octanol–water partition coefficient (Wildman–Crippen LogP) is 1.00. The van der Waals surface area contributed by atoms with E-state index in [1.807, 2.05) is 6.92 Å². The predicted molar refractivity (Wildman–Crippen MR) is 88.7 cm³/mol. The summed E-state index contributed by atoms with van der Waals surface area (Å²) in [5, 5.41) is 5.79. The van der Waals surface area contributed by atoms with E-state index < -0.39 is 12.1 Å². The Hall–Kier alpha value is -1.24. The van der Waals surface area contributed by atoms with Crippen LogP contribution in [0.1, 0.15) is 52.4 Å². The van der Waals surface area contributed by atoms with Gasteiger partial charge in [0.15, 0.2) is 0 Å². The van der Waals surface area contributed by atoms with Crippen LogP contribution in [0.4, 0.5) is 0 Å². The molecule has 3 fully saturated rings. The van der Waals surface area contributed by atoms with E-state index in [2.05, 4.69) is 10.6 Å². The fraction of sp³-hybridized carbons (Fsp3) is 0.812. The molecule has 0 aromatic carbocycles. The third-order valence-electron chi connectivity index (χ3n) is 5.20. The molecule has 3 amide bonds. The number of rotatable bonds is 4. The summed E-state index contributed by atoms with van der Waals surface area (Å²) < 4.78 is 0. The van der Waals surface area contributed by atoms with Gasteiger partial charge in [-0.05, 0) is 33.1 Å². The number of hydrogen-bond donors (Lipinski definition) is 2. The highest BCUT2D eigenvalue weighted by Gasteiger charge is 2.53. The summed E-state index contributed by atoms with van der Waals surface area (Å²) >= 11 is 1.66. The fourth-order valence-corrected chi connectivity index (χ4v) is 5.22. The molecule has 128 valence electrons. The Morgan fingerprint density at radius 3 is 2.74 bits per heavy atom. The van der Waals surface area contributed by atoms with Gasteiger partial charge in [0.2, 0.25) is 17.7 Å². The second-order valence-electron chi connectivity index (χ2n) is 6.99. The van der Waals surface area contributed by atoms with Crippen LogP contribution in [-0.4, -0.2) is 51.4 Å². The molecule has 7 heteroatoms. The number of fused-ring (bicyclic) bond motifs is 1. The van der Waals surface area contributed by atoms with Crippen molar-refractivity contribution in [2.75, 3.05) is 5.75 Å². The molecule has 2 aliphatic heterocycles. The first-order valence-corrected chi connectivity index (χ1v) is 9.46. The summed E-state index contributed by atoms with van der Waals surface area (Å²) in [5.74, 6) is 0.295. The highest BCUT2D eigenvalue weighted by Crippen LogP contribution is 2.47. The summed E-state index contributed by atoms with van der Waals surface area (Å²) in [6, 6.07) is -0.785. The Kier molecular flexibility index (Phi) is 4.58. The van der Waals surface area contributed by atoms with E-state index >= 15 is 0 Å². The zero-order valence-electron chi connectivity index (χ0n) is 13.8. The van der Waals surface area contributed by atoms with Gasteiger partial charge in [-0.3, -0.25) is 14.4 Å². The fourth-order valence-electron chi connectivity index (χ4n) is 3.79. The third kappa shape index (κ3) is 3.20. The molecule has 0 aromatic rings. The van der Waals surface area contributed by atoms with Gasteiger partial charge in [-0.2, -0.15) is 0 Å². The van der Waals surface area contributed by atoms with Crippen LogP contribution in [-0.2, 0) is 14.4 Å². The molecule has 0 radical (unpaired) electrons. The van der Waals surface area contributed by atoms with Gasteiger partial charge in [-0.1, -0.05) is 12.8 Å². The minimum atomic E-state index is -0.572. The first kappa shape index (κ1) is 16.6. The van der Waals surface area contributed by atoms with Crippen molar-refractivity contribution in [1.29, 1.82) is 0 Å². The molecular formula is C16H25N3O3S. The van der Waals surface area contributed by atoms with Crippen molar-refractivity contribution in [3.63, 3.8) is 0 Å². The largest absolute Gasteiger partial charge is 0.352 e. The van der Waals surface area contributed by atoms with Crippen molar-refractivity contribution in [3.05, 3.63) is 0 Å². The molecule has 0 aromatic heterocycles. The number of carbonyl (C=O) groups excluding carboxylic acids is 3. The van der Waals surface area contributed by atoms with Gasteiger partial charge < -0.3 is 15.5 Å². The molecule has 2 saturated heterocycles. The number of amides is 3. The number of nitrogens with one attached hydrogen (secondary N) is 2. The lowest BCUT2D eigenvalue weighted by molar-refractivity contribution is -0.139. The molecule has 0 bridgehead atoms. The van der Waals surface area contributed by atoms with Crippen LogP contribution in [0, 0.1) is 0 Å². The number of thioether (sulfide) groups is 1. The Labute approximate surface area is 141 Å². The van der Waals surface area contributed by atoms with Crippen LogP contribution in [0.25, 0.3) is 0 Å². The van der Waals surface area contributed by atoms with Crippen molar-refractivity contribution in [1.82, 2.24) is 15.5 Å². The Balaban J connectivity index is 1.56.